The van der Waals surface area contributed by atoms with Gasteiger partial charge in [0.05, 0.1) is 10.0 Å². The highest BCUT2D eigenvalue weighted by Gasteiger charge is 2.18. The van der Waals surface area contributed by atoms with Crippen LogP contribution < -0.4 is 20.7 Å². The highest BCUT2D eigenvalue weighted by molar-refractivity contribution is 6.35. The van der Waals surface area contributed by atoms with E-state index in [2.05, 4.69) is 25.9 Å². The maximum atomic E-state index is 12.0. The van der Waals surface area contributed by atoms with E-state index in [0.29, 0.717) is 41.4 Å². The zero-order valence-corrected chi connectivity index (χ0v) is 16.9. The smallest absolute Gasteiger partial charge is 0.315 e. The molecule has 2 amide bonds. The van der Waals surface area contributed by atoms with E-state index in [9.17, 15) is 4.79 Å². The molecule has 7 nitrogen and oxygen atoms in total. The fourth-order valence-electron chi connectivity index (χ4n) is 2.97. The minimum atomic E-state index is -0.271. The number of hydrogen-bond donors (Lipinski definition) is 3. The summed E-state index contributed by atoms with van der Waals surface area (Å²) < 4.78 is 5.98. The number of aromatic nitrogens is 2. The van der Waals surface area contributed by atoms with Crippen LogP contribution in [-0.4, -0.2) is 35.2 Å². The summed E-state index contributed by atoms with van der Waals surface area (Å²) in [6, 6.07) is 5.08. The fraction of sp³-hybridized carbons (Fsp3) is 0.421. The van der Waals surface area contributed by atoms with Gasteiger partial charge < -0.3 is 20.7 Å². The van der Waals surface area contributed by atoms with E-state index in [0.717, 1.165) is 18.4 Å². The number of ether oxygens (including phenoxy) is 1. The van der Waals surface area contributed by atoms with E-state index >= 15 is 0 Å². The van der Waals surface area contributed by atoms with Gasteiger partial charge in [-0.3, -0.25) is 0 Å². The van der Waals surface area contributed by atoms with Gasteiger partial charge in [0.1, 0.15) is 11.9 Å². The van der Waals surface area contributed by atoms with Crippen LogP contribution in [0.3, 0.4) is 0 Å². The van der Waals surface area contributed by atoms with Gasteiger partial charge in [0.15, 0.2) is 0 Å². The van der Waals surface area contributed by atoms with Gasteiger partial charge in [0.2, 0.25) is 5.88 Å². The molecule has 0 aliphatic heterocycles. The number of amides is 2. The Morgan fingerprint density at radius 3 is 2.79 bits per heavy atom. The molecule has 9 heteroatoms. The molecule has 150 valence electrons. The third-order valence-electron chi connectivity index (χ3n) is 4.38. The van der Waals surface area contributed by atoms with Crippen molar-refractivity contribution in [2.75, 3.05) is 18.4 Å². The van der Waals surface area contributed by atoms with E-state index in [4.69, 9.17) is 27.9 Å². The normalized spacial score (nSPS) is 13.9. The number of pyridine rings is 2. The molecule has 0 spiro atoms. The van der Waals surface area contributed by atoms with Crippen LogP contribution in [0, 0.1) is 0 Å². The number of nitrogens with zero attached hydrogens (tertiary/aromatic N) is 2. The first kappa shape index (κ1) is 20.5. The van der Waals surface area contributed by atoms with E-state index in [1.807, 2.05) is 12.1 Å². The summed E-state index contributed by atoms with van der Waals surface area (Å²) in [7, 11) is 0. The first-order chi connectivity index (χ1) is 13.6. The molecule has 1 aliphatic carbocycles. The summed E-state index contributed by atoms with van der Waals surface area (Å²) >= 11 is 11.8. The number of urea groups is 1. The Hall–Kier alpha value is -2.25. The molecule has 1 saturated carbocycles. The molecule has 1 fully saturated rings. The lowest BCUT2D eigenvalue weighted by atomic mass is 10.2. The predicted octanol–water partition coefficient (Wildman–Crippen LogP) is 4.02. The van der Waals surface area contributed by atoms with Crippen molar-refractivity contribution < 1.29 is 9.53 Å². The van der Waals surface area contributed by atoms with Crippen LogP contribution in [0.2, 0.25) is 10.0 Å². The van der Waals surface area contributed by atoms with Gasteiger partial charge in [-0.1, -0.05) is 29.3 Å². The predicted molar refractivity (Wildman–Crippen MR) is 110 cm³/mol. The zero-order chi connectivity index (χ0) is 19.8. The third-order valence-corrected chi connectivity index (χ3v) is 4.88. The minimum absolute atomic E-state index is 0.224. The zero-order valence-electron chi connectivity index (χ0n) is 15.4. The van der Waals surface area contributed by atoms with Crippen LogP contribution >= 0.6 is 23.2 Å². The van der Waals surface area contributed by atoms with E-state index in [1.165, 1.54) is 19.0 Å². The second-order valence-electron chi connectivity index (χ2n) is 6.51. The minimum Gasteiger partial charge on any atom is -0.474 e. The Morgan fingerprint density at radius 2 is 2.00 bits per heavy atom. The Kier molecular flexibility index (Phi) is 7.56. The molecule has 2 heterocycles. The molecule has 1 aliphatic rings. The Bertz CT molecular complexity index is 800. The Balaban J connectivity index is 1.39. The van der Waals surface area contributed by atoms with Gasteiger partial charge in [-0.05, 0) is 37.8 Å². The molecule has 2 aromatic heterocycles. The second kappa shape index (κ2) is 10.3. The van der Waals surface area contributed by atoms with Crippen molar-refractivity contribution in [3.05, 3.63) is 46.2 Å². The average Bonchev–Trinajstić information content (AvgIpc) is 3.19. The molecule has 0 aromatic carbocycles. The lowest BCUT2D eigenvalue weighted by Crippen LogP contribution is -2.37. The van der Waals surface area contributed by atoms with Crippen molar-refractivity contribution in [3.63, 3.8) is 0 Å². The van der Waals surface area contributed by atoms with Crippen LogP contribution in [0.1, 0.15) is 31.2 Å². The summed E-state index contributed by atoms with van der Waals surface area (Å²) in [5.74, 6) is 1.12. The van der Waals surface area contributed by atoms with Crippen LogP contribution in [0.25, 0.3) is 0 Å². The topological polar surface area (TPSA) is 88.2 Å². The summed E-state index contributed by atoms with van der Waals surface area (Å²) in [4.78, 5) is 20.4. The number of nitrogens with one attached hydrogen (secondary N) is 3. The van der Waals surface area contributed by atoms with Crippen LogP contribution in [0.15, 0.2) is 30.6 Å². The van der Waals surface area contributed by atoms with Crippen molar-refractivity contribution >= 4 is 35.1 Å². The molecule has 3 N–H and O–H groups in total. The summed E-state index contributed by atoms with van der Waals surface area (Å²) in [6.45, 7) is 1.23. The molecule has 2 aromatic rings. The molecule has 0 bridgehead atoms. The SMILES string of the molecule is O=C(NCCNc1ncc(Cl)cc1Cl)NCc1cccnc1OC1CCCC1. The monoisotopic (exact) mass is 423 g/mol. The second-order valence-corrected chi connectivity index (χ2v) is 7.36. The highest BCUT2D eigenvalue weighted by Crippen LogP contribution is 2.25. The number of carbonyl (C=O) groups excluding carboxylic acids is 1. The number of hydrogen-bond acceptors (Lipinski definition) is 5. The average molecular weight is 424 g/mol. The molecule has 0 saturated heterocycles. The van der Waals surface area contributed by atoms with E-state index < -0.39 is 0 Å². The lowest BCUT2D eigenvalue weighted by molar-refractivity contribution is 0.198. The van der Waals surface area contributed by atoms with Gasteiger partial charge in [-0.2, -0.15) is 0 Å². The van der Waals surface area contributed by atoms with Crippen molar-refractivity contribution in [1.29, 1.82) is 0 Å². The molecular weight excluding hydrogens is 401 g/mol. The quantitative estimate of drug-likeness (QED) is 0.558. The number of anilines is 1. The van der Waals surface area contributed by atoms with Crippen LogP contribution in [0.5, 0.6) is 5.88 Å². The van der Waals surface area contributed by atoms with Crippen molar-refractivity contribution in [2.45, 2.75) is 38.3 Å². The van der Waals surface area contributed by atoms with Crippen LogP contribution in [-0.2, 0) is 6.54 Å². The van der Waals surface area contributed by atoms with Crippen molar-refractivity contribution in [3.8, 4) is 5.88 Å². The standard InChI is InChI=1S/C19H23Cl2N5O2/c20-14-10-16(21)17(25-12-14)22-8-9-24-19(27)26-11-13-4-3-7-23-18(13)28-15-5-1-2-6-15/h3-4,7,10,12,15H,1-2,5-6,8-9,11H2,(H,22,25)(H2,24,26,27). The Morgan fingerprint density at radius 1 is 1.18 bits per heavy atom. The first-order valence-electron chi connectivity index (χ1n) is 9.29. The van der Waals surface area contributed by atoms with Gasteiger partial charge in [0, 0.05) is 37.6 Å². The van der Waals surface area contributed by atoms with Gasteiger partial charge >= 0.3 is 6.03 Å². The molecule has 3 rings (SSSR count). The van der Waals surface area contributed by atoms with Gasteiger partial charge in [-0.25, -0.2) is 14.8 Å². The van der Waals surface area contributed by atoms with Crippen LogP contribution in [0.4, 0.5) is 10.6 Å². The largest absolute Gasteiger partial charge is 0.474 e. The summed E-state index contributed by atoms with van der Waals surface area (Å²) in [5, 5.41) is 9.55. The Labute approximate surface area is 174 Å². The van der Waals surface area contributed by atoms with Gasteiger partial charge in [0.25, 0.3) is 0 Å². The highest BCUT2D eigenvalue weighted by atomic mass is 35.5. The number of halogens is 2. The number of carbonyl (C=O) groups is 1. The molecule has 28 heavy (non-hydrogen) atoms. The van der Waals surface area contributed by atoms with Gasteiger partial charge in [-0.15, -0.1) is 0 Å². The first-order valence-corrected chi connectivity index (χ1v) is 10.0. The number of rotatable bonds is 8. The molecule has 0 unspecified atom stereocenters. The fourth-order valence-corrected chi connectivity index (χ4v) is 3.42. The molecule has 0 atom stereocenters. The maximum Gasteiger partial charge on any atom is 0.315 e. The van der Waals surface area contributed by atoms with E-state index in [-0.39, 0.29) is 12.1 Å². The van der Waals surface area contributed by atoms with Crippen molar-refractivity contribution in [1.82, 2.24) is 20.6 Å². The van der Waals surface area contributed by atoms with E-state index in [1.54, 1.807) is 12.3 Å². The maximum absolute atomic E-state index is 12.0. The summed E-state index contributed by atoms with van der Waals surface area (Å²) in [6.07, 6.45) is 7.94. The molecule has 0 radical (unpaired) electrons. The lowest BCUT2D eigenvalue weighted by Gasteiger charge is -2.15. The van der Waals surface area contributed by atoms with Crippen molar-refractivity contribution in [2.24, 2.45) is 0 Å². The molecular formula is C19H23Cl2N5O2. The third kappa shape index (κ3) is 6.14. The summed E-state index contributed by atoms with van der Waals surface area (Å²) in [5.41, 5.74) is 0.861.